The van der Waals surface area contributed by atoms with Crippen molar-refractivity contribution in [1.29, 1.82) is 0 Å². The normalized spacial score (nSPS) is 16.7. The number of nitrogens with one attached hydrogen (secondary N) is 2. The minimum Gasteiger partial charge on any atom is -0.324 e. The van der Waals surface area contributed by atoms with E-state index in [1.165, 1.54) is 17.8 Å². The zero-order valence-electron chi connectivity index (χ0n) is 10.9. The quantitative estimate of drug-likeness (QED) is 0.705. The zero-order chi connectivity index (χ0) is 15.1. The summed E-state index contributed by atoms with van der Waals surface area (Å²) in [6.07, 6.45) is 0. The van der Waals surface area contributed by atoms with Crippen LogP contribution < -0.4 is 16.6 Å². The summed E-state index contributed by atoms with van der Waals surface area (Å²) in [5, 5.41) is 3.23. The first-order valence-electron chi connectivity index (χ1n) is 6.10. The Labute approximate surface area is 132 Å². The second-order valence-corrected chi connectivity index (χ2v) is 6.52. The Kier molecular flexibility index (Phi) is 3.60. The van der Waals surface area contributed by atoms with Gasteiger partial charge in [-0.1, -0.05) is 11.8 Å². The highest BCUT2D eigenvalue weighted by atomic mass is 79.9. The van der Waals surface area contributed by atoms with Gasteiger partial charge in [0.2, 0.25) is 5.91 Å². The second-order valence-electron chi connectivity index (χ2n) is 4.63. The van der Waals surface area contributed by atoms with Crippen molar-refractivity contribution < 1.29 is 4.79 Å². The number of carbonyl (C=O) groups is 1. The molecule has 108 valence electrons. The van der Waals surface area contributed by atoms with Gasteiger partial charge < -0.3 is 16.0 Å². The highest BCUT2D eigenvalue weighted by Gasteiger charge is 2.28. The van der Waals surface area contributed by atoms with Gasteiger partial charge in [-0.3, -0.25) is 9.59 Å². The molecular formula is C13H11BrN4O2S. The van der Waals surface area contributed by atoms with E-state index in [1.807, 2.05) is 12.1 Å². The van der Waals surface area contributed by atoms with E-state index in [2.05, 4.69) is 31.2 Å². The van der Waals surface area contributed by atoms with Crippen LogP contribution in [0.3, 0.4) is 0 Å². The molecule has 0 saturated carbocycles. The maximum Gasteiger partial charge on any atom is 0.251 e. The third-order valence-corrected chi connectivity index (χ3v) is 4.90. The Morgan fingerprint density at radius 2 is 2.10 bits per heavy atom. The molecule has 21 heavy (non-hydrogen) atoms. The SMILES string of the molecule is Cc1cc(=O)[nH]c(Sc2cc3c(cc2Br)C(N)C(=O)N3)n1. The Balaban J connectivity index is 1.99. The monoisotopic (exact) mass is 366 g/mol. The highest BCUT2D eigenvalue weighted by Crippen LogP contribution is 2.39. The molecule has 0 aliphatic carbocycles. The van der Waals surface area contributed by atoms with Crippen LogP contribution >= 0.6 is 27.7 Å². The molecule has 2 heterocycles. The lowest BCUT2D eigenvalue weighted by Gasteiger charge is -2.08. The summed E-state index contributed by atoms with van der Waals surface area (Å²) in [6.45, 7) is 1.76. The molecule has 4 N–H and O–H groups in total. The van der Waals surface area contributed by atoms with Crippen molar-refractivity contribution in [3.63, 3.8) is 0 Å². The van der Waals surface area contributed by atoms with Crippen LogP contribution in [0.5, 0.6) is 0 Å². The molecule has 0 saturated heterocycles. The lowest BCUT2D eigenvalue weighted by atomic mass is 10.1. The minimum absolute atomic E-state index is 0.197. The van der Waals surface area contributed by atoms with Gasteiger partial charge in [-0.25, -0.2) is 4.98 Å². The molecule has 8 heteroatoms. The zero-order valence-corrected chi connectivity index (χ0v) is 13.3. The van der Waals surface area contributed by atoms with Crippen LogP contribution in [0.15, 0.2) is 37.5 Å². The van der Waals surface area contributed by atoms with Crippen LogP contribution in [-0.4, -0.2) is 15.9 Å². The molecule has 6 nitrogen and oxygen atoms in total. The molecule has 0 bridgehead atoms. The average Bonchev–Trinajstić information content (AvgIpc) is 2.65. The van der Waals surface area contributed by atoms with Crippen molar-refractivity contribution in [2.75, 3.05) is 5.32 Å². The molecule has 1 aliphatic rings. The fourth-order valence-electron chi connectivity index (χ4n) is 2.07. The van der Waals surface area contributed by atoms with Gasteiger partial charge in [-0.15, -0.1) is 0 Å². The van der Waals surface area contributed by atoms with Crippen LogP contribution in [-0.2, 0) is 4.79 Å². The van der Waals surface area contributed by atoms with Gasteiger partial charge in [-0.05, 0) is 35.0 Å². The number of aromatic amines is 1. The first-order valence-corrected chi connectivity index (χ1v) is 7.70. The second kappa shape index (κ2) is 5.28. The van der Waals surface area contributed by atoms with Gasteiger partial charge in [0.25, 0.3) is 5.56 Å². The highest BCUT2D eigenvalue weighted by molar-refractivity contribution is 9.10. The number of carbonyl (C=O) groups excluding carboxylic acids is 1. The van der Waals surface area contributed by atoms with E-state index >= 15 is 0 Å². The van der Waals surface area contributed by atoms with Gasteiger partial charge in [0, 0.05) is 32.4 Å². The van der Waals surface area contributed by atoms with E-state index in [0.717, 1.165) is 14.9 Å². The molecule has 2 aromatic rings. The van der Waals surface area contributed by atoms with Gasteiger partial charge >= 0.3 is 0 Å². The number of aryl methyl sites for hydroxylation is 1. The van der Waals surface area contributed by atoms with Crippen molar-refractivity contribution in [3.8, 4) is 0 Å². The third-order valence-electron chi connectivity index (χ3n) is 3.03. The van der Waals surface area contributed by atoms with E-state index in [4.69, 9.17) is 5.73 Å². The lowest BCUT2D eigenvalue weighted by molar-refractivity contribution is -0.116. The minimum atomic E-state index is -0.646. The Morgan fingerprint density at radius 3 is 2.81 bits per heavy atom. The van der Waals surface area contributed by atoms with E-state index in [9.17, 15) is 9.59 Å². The summed E-state index contributed by atoms with van der Waals surface area (Å²) in [4.78, 5) is 30.8. The average molecular weight is 367 g/mol. The largest absolute Gasteiger partial charge is 0.324 e. The molecule has 1 aromatic heterocycles. The van der Waals surface area contributed by atoms with Gasteiger partial charge in [-0.2, -0.15) is 0 Å². The summed E-state index contributed by atoms with van der Waals surface area (Å²) in [6, 6.07) is 4.42. The van der Waals surface area contributed by atoms with E-state index < -0.39 is 6.04 Å². The van der Waals surface area contributed by atoms with Crippen molar-refractivity contribution in [2.24, 2.45) is 5.73 Å². The Morgan fingerprint density at radius 1 is 1.33 bits per heavy atom. The molecular weight excluding hydrogens is 356 g/mol. The van der Waals surface area contributed by atoms with Gasteiger partial charge in [0.1, 0.15) is 6.04 Å². The number of benzene rings is 1. The Bertz CT molecular complexity index is 805. The van der Waals surface area contributed by atoms with Gasteiger partial charge in [0.15, 0.2) is 5.16 Å². The number of rotatable bonds is 2. The van der Waals surface area contributed by atoms with E-state index in [-0.39, 0.29) is 11.5 Å². The molecule has 3 rings (SSSR count). The summed E-state index contributed by atoms with van der Waals surface area (Å²) in [5.74, 6) is -0.221. The topological polar surface area (TPSA) is 101 Å². The number of hydrogen-bond donors (Lipinski definition) is 3. The smallest absolute Gasteiger partial charge is 0.251 e. The van der Waals surface area contributed by atoms with Crippen molar-refractivity contribution in [3.05, 3.63) is 44.3 Å². The third kappa shape index (κ3) is 2.74. The number of nitrogens with zero attached hydrogens (tertiary/aromatic N) is 1. The first-order chi connectivity index (χ1) is 9.94. The summed E-state index contributed by atoms with van der Waals surface area (Å²) >= 11 is 4.76. The number of halogens is 1. The number of hydrogen-bond acceptors (Lipinski definition) is 5. The van der Waals surface area contributed by atoms with Crippen LogP contribution in [0.1, 0.15) is 17.3 Å². The molecule has 1 atom stereocenters. The molecule has 0 radical (unpaired) electrons. The molecule has 0 fully saturated rings. The van der Waals surface area contributed by atoms with Crippen LogP contribution in [0.25, 0.3) is 0 Å². The maximum atomic E-state index is 11.6. The molecule has 1 aliphatic heterocycles. The fraction of sp³-hybridized carbons (Fsp3) is 0.154. The number of fused-ring (bicyclic) bond motifs is 1. The molecule has 1 aromatic carbocycles. The maximum absolute atomic E-state index is 11.6. The fourth-order valence-corrected chi connectivity index (χ4v) is 3.56. The lowest BCUT2D eigenvalue weighted by Crippen LogP contribution is -2.19. The number of nitrogens with two attached hydrogens (primary N) is 1. The number of anilines is 1. The standard InChI is InChI=1S/C13H11BrN4O2S/c1-5-2-10(19)18-13(16-5)21-9-4-8-6(3-7(9)14)11(15)12(20)17-8/h2-4,11H,15H2,1H3,(H,17,20)(H,16,18,19). The van der Waals surface area contributed by atoms with Crippen molar-refractivity contribution in [1.82, 2.24) is 9.97 Å². The first kappa shape index (κ1) is 14.3. The predicted molar refractivity (Wildman–Crippen MR) is 83.4 cm³/mol. The summed E-state index contributed by atoms with van der Waals surface area (Å²) < 4.78 is 0.794. The Hall–Kier alpha value is -1.64. The van der Waals surface area contributed by atoms with Crippen LogP contribution in [0.4, 0.5) is 5.69 Å². The summed E-state index contributed by atoms with van der Waals surface area (Å²) in [7, 11) is 0. The summed E-state index contributed by atoms with van der Waals surface area (Å²) in [5.41, 5.74) is 7.69. The van der Waals surface area contributed by atoms with Crippen molar-refractivity contribution in [2.45, 2.75) is 23.0 Å². The van der Waals surface area contributed by atoms with Gasteiger partial charge in [0.05, 0.1) is 0 Å². The van der Waals surface area contributed by atoms with Crippen LogP contribution in [0.2, 0.25) is 0 Å². The van der Waals surface area contributed by atoms with E-state index in [1.54, 1.807) is 6.92 Å². The molecule has 0 spiro atoms. The number of amides is 1. The molecule has 1 amide bonds. The molecule has 1 unspecified atom stereocenters. The predicted octanol–water partition coefficient (Wildman–Crippen LogP) is 1.94. The number of H-pyrrole nitrogens is 1. The number of aromatic nitrogens is 2. The van der Waals surface area contributed by atoms with Crippen LogP contribution in [0, 0.1) is 6.92 Å². The van der Waals surface area contributed by atoms with Crippen molar-refractivity contribution >= 4 is 39.3 Å². The van der Waals surface area contributed by atoms with E-state index in [0.29, 0.717) is 16.5 Å².